The molecule has 100 valence electrons. The number of halogens is 2. The van der Waals surface area contributed by atoms with Crippen LogP contribution in [0.15, 0.2) is 40.2 Å². The van der Waals surface area contributed by atoms with E-state index in [1.54, 1.807) is 0 Å². The van der Waals surface area contributed by atoms with Crippen molar-refractivity contribution in [3.8, 4) is 0 Å². The first kappa shape index (κ1) is 13.1. The summed E-state index contributed by atoms with van der Waals surface area (Å²) in [5, 5.41) is 0. The molecule has 0 amide bonds. The Labute approximate surface area is 106 Å². The number of nitrogens with one attached hydrogen (secondary N) is 2. The van der Waals surface area contributed by atoms with Gasteiger partial charge in [0, 0.05) is 12.3 Å². The minimum atomic E-state index is -4.27. The van der Waals surface area contributed by atoms with Gasteiger partial charge in [0.2, 0.25) is 0 Å². The van der Waals surface area contributed by atoms with E-state index >= 15 is 0 Å². The van der Waals surface area contributed by atoms with Crippen molar-refractivity contribution in [2.45, 2.75) is 4.90 Å². The van der Waals surface area contributed by atoms with E-state index in [2.05, 4.69) is 9.97 Å². The van der Waals surface area contributed by atoms with Crippen molar-refractivity contribution in [3.63, 3.8) is 0 Å². The normalized spacial score (nSPS) is 11.3. The largest absolute Gasteiger partial charge is 0.346 e. The molecule has 19 heavy (non-hydrogen) atoms. The van der Waals surface area contributed by atoms with Crippen molar-refractivity contribution in [2.75, 3.05) is 4.72 Å². The summed E-state index contributed by atoms with van der Waals surface area (Å²) in [6.07, 6.45) is 1.08. The van der Waals surface area contributed by atoms with Gasteiger partial charge in [-0.1, -0.05) is 0 Å². The number of hydrogen-bond donors (Lipinski definition) is 2. The second kappa shape index (κ2) is 4.76. The van der Waals surface area contributed by atoms with Crippen LogP contribution < -0.4 is 10.4 Å². The lowest BCUT2D eigenvalue weighted by atomic mass is 10.3. The van der Waals surface area contributed by atoms with Gasteiger partial charge in [0.1, 0.15) is 22.3 Å². The summed E-state index contributed by atoms with van der Waals surface area (Å²) in [5.74, 6) is -2.30. The lowest BCUT2D eigenvalue weighted by molar-refractivity contribution is 0.551. The van der Waals surface area contributed by atoms with Crippen LogP contribution in [0.2, 0.25) is 0 Å². The monoisotopic (exact) mass is 287 g/mol. The molecule has 1 aromatic carbocycles. The molecule has 2 aromatic rings. The fraction of sp³-hybridized carbons (Fsp3) is 0. The zero-order chi connectivity index (χ0) is 14.0. The van der Waals surface area contributed by atoms with E-state index in [4.69, 9.17) is 0 Å². The summed E-state index contributed by atoms with van der Waals surface area (Å²) in [7, 11) is -4.27. The molecule has 6 nitrogen and oxygen atoms in total. The Morgan fingerprint density at radius 3 is 2.58 bits per heavy atom. The van der Waals surface area contributed by atoms with Gasteiger partial charge in [-0.2, -0.15) is 0 Å². The van der Waals surface area contributed by atoms with Crippen LogP contribution in [0.1, 0.15) is 0 Å². The van der Waals surface area contributed by atoms with E-state index in [1.165, 1.54) is 6.07 Å². The van der Waals surface area contributed by atoms with E-state index in [1.807, 2.05) is 4.72 Å². The Morgan fingerprint density at radius 2 is 1.95 bits per heavy atom. The third kappa shape index (κ3) is 2.94. The van der Waals surface area contributed by atoms with Crippen molar-refractivity contribution < 1.29 is 17.2 Å². The van der Waals surface area contributed by atoms with E-state index in [0.29, 0.717) is 6.07 Å². The van der Waals surface area contributed by atoms with Crippen molar-refractivity contribution in [3.05, 3.63) is 52.6 Å². The van der Waals surface area contributed by atoms with Crippen LogP contribution in [0.3, 0.4) is 0 Å². The van der Waals surface area contributed by atoms with Gasteiger partial charge in [-0.05, 0) is 18.2 Å². The molecule has 2 N–H and O–H groups in total. The molecule has 1 heterocycles. The van der Waals surface area contributed by atoms with Crippen LogP contribution in [0, 0.1) is 11.6 Å². The average molecular weight is 287 g/mol. The lowest BCUT2D eigenvalue weighted by Crippen LogP contribution is -2.19. The second-order valence-electron chi connectivity index (χ2n) is 3.47. The number of aromatic amines is 1. The SMILES string of the molecule is O=c1nccc(NS(=O)(=O)c2ccc(F)cc2F)[nH]1. The molecule has 9 heteroatoms. The van der Waals surface area contributed by atoms with Gasteiger partial charge in [-0.25, -0.2) is 27.0 Å². The maximum absolute atomic E-state index is 13.4. The Bertz CT molecular complexity index is 774. The van der Waals surface area contributed by atoms with Crippen LogP contribution in [0.4, 0.5) is 14.6 Å². The van der Waals surface area contributed by atoms with Gasteiger partial charge in [0.05, 0.1) is 0 Å². The first-order valence-electron chi connectivity index (χ1n) is 4.92. The molecule has 2 rings (SSSR count). The van der Waals surface area contributed by atoms with Crippen LogP contribution >= 0.6 is 0 Å². The van der Waals surface area contributed by atoms with Gasteiger partial charge in [0.25, 0.3) is 10.0 Å². The van der Waals surface area contributed by atoms with Crippen LogP contribution in [-0.2, 0) is 10.0 Å². The Morgan fingerprint density at radius 1 is 1.21 bits per heavy atom. The third-order valence-corrected chi connectivity index (χ3v) is 3.50. The Kier molecular flexibility index (Phi) is 3.30. The molecule has 0 fully saturated rings. The molecule has 0 saturated carbocycles. The predicted octanol–water partition coefficient (Wildman–Crippen LogP) is 0.849. The molecule has 0 aliphatic carbocycles. The molecule has 0 atom stereocenters. The van der Waals surface area contributed by atoms with Gasteiger partial charge < -0.3 is 0 Å². The van der Waals surface area contributed by atoms with E-state index in [-0.39, 0.29) is 5.82 Å². The van der Waals surface area contributed by atoms with Crippen molar-refractivity contribution in [1.82, 2.24) is 9.97 Å². The summed E-state index contributed by atoms with van der Waals surface area (Å²) < 4.78 is 51.7. The van der Waals surface area contributed by atoms with E-state index < -0.39 is 32.2 Å². The summed E-state index contributed by atoms with van der Waals surface area (Å²) in [6, 6.07) is 3.23. The van der Waals surface area contributed by atoms with Gasteiger partial charge in [-0.15, -0.1) is 0 Å². The van der Waals surface area contributed by atoms with E-state index in [0.717, 1.165) is 18.3 Å². The number of hydrogen-bond acceptors (Lipinski definition) is 4. The summed E-state index contributed by atoms with van der Waals surface area (Å²) in [6.45, 7) is 0. The fourth-order valence-corrected chi connectivity index (χ4v) is 2.40. The Hall–Kier alpha value is -2.29. The molecule has 0 spiro atoms. The minimum Gasteiger partial charge on any atom is -0.291 e. The molecular formula is C10H7F2N3O3S. The topological polar surface area (TPSA) is 91.9 Å². The highest BCUT2D eigenvalue weighted by Gasteiger charge is 2.19. The van der Waals surface area contributed by atoms with Crippen LogP contribution in [0.5, 0.6) is 0 Å². The number of nitrogens with zero attached hydrogens (tertiary/aromatic N) is 1. The zero-order valence-corrected chi connectivity index (χ0v) is 10.0. The number of H-pyrrole nitrogens is 1. The van der Waals surface area contributed by atoms with E-state index in [9.17, 15) is 22.0 Å². The average Bonchev–Trinajstić information content (AvgIpc) is 2.27. The molecule has 0 aliphatic heterocycles. The Balaban J connectivity index is 2.40. The van der Waals surface area contributed by atoms with Crippen molar-refractivity contribution in [1.29, 1.82) is 0 Å². The number of benzene rings is 1. The second-order valence-corrected chi connectivity index (χ2v) is 5.12. The van der Waals surface area contributed by atoms with Crippen molar-refractivity contribution >= 4 is 15.8 Å². The maximum Gasteiger partial charge on any atom is 0.346 e. The van der Waals surface area contributed by atoms with Gasteiger partial charge >= 0.3 is 5.69 Å². The van der Waals surface area contributed by atoms with Crippen molar-refractivity contribution in [2.24, 2.45) is 0 Å². The smallest absolute Gasteiger partial charge is 0.291 e. The fourth-order valence-electron chi connectivity index (χ4n) is 1.32. The highest BCUT2D eigenvalue weighted by Crippen LogP contribution is 2.17. The van der Waals surface area contributed by atoms with Crippen LogP contribution in [0.25, 0.3) is 0 Å². The number of aromatic nitrogens is 2. The molecule has 0 aliphatic rings. The predicted molar refractivity (Wildman–Crippen MR) is 62.0 cm³/mol. The summed E-state index contributed by atoms with van der Waals surface area (Å²) in [5.41, 5.74) is -0.764. The maximum atomic E-state index is 13.4. The highest BCUT2D eigenvalue weighted by atomic mass is 32.2. The number of sulfonamides is 1. The molecule has 1 aromatic heterocycles. The third-order valence-electron chi connectivity index (χ3n) is 2.10. The highest BCUT2D eigenvalue weighted by molar-refractivity contribution is 7.92. The number of anilines is 1. The number of rotatable bonds is 3. The van der Waals surface area contributed by atoms with Crippen LogP contribution in [-0.4, -0.2) is 18.4 Å². The molecule has 0 bridgehead atoms. The quantitative estimate of drug-likeness (QED) is 0.875. The standard InChI is InChI=1S/C10H7F2N3O3S/c11-6-1-2-8(7(12)5-6)19(17,18)15-9-3-4-13-10(16)14-9/h1-5H,(H2,13,14,15,16). The molecule has 0 unspecified atom stereocenters. The molecular weight excluding hydrogens is 280 g/mol. The van der Waals surface area contributed by atoms with Gasteiger partial charge in [-0.3, -0.25) is 9.71 Å². The molecule has 0 saturated heterocycles. The first-order chi connectivity index (χ1) is 8.88. The first-order valence-corrected chi connectivity index (χ1v) is 6.40. The zero-order valence-electron chi connectivity index (χ0n) is 9.22. The minimum absolute atomic E-state index is 0.177. The lowest BCUT2D eigenvalue weighted by Gasteiger charge is -2.08. The summed E-state index contributed by atoms with van der Waals surface area (Å²) >= 11 is 0. The molecule has 0 radical (unpaired) electrons. The van der Waals surface area contributed by atoms with Gasteiger partial charge in [0.15, 0.2) is 0 Å². The summed E-state index contributed by atoms with van der Waals surface area (Å²) in [4.78, 5) is 15.6.